The molecule has 0 amide bonds. The standard InChI is InChI=1S/C14H34N4S/c1-16(2)9-7-14(13-18(5)6)15-8-11-19-12-10-17(3)4/h14-15H,7-13H2,1-6H3. The van der Waals surface area contributed by atoms with Gasteiger partial charge >= 0.3 is 0 Å². The zero-order valence-corrected chi connectivity index (χ0v) is 14.6. The van der Waals surface area contributed by atoms with Gasteiger partial charge in [-0.1, -0.05) is 0 Å². The van der Waals surface area contributed by atoms with E-state index in [9.17, 15) is 0 Å². The molecule has 0 bridgehead atoms. The van der Waals surface area contributed by atoms with Crippen molar-refractivity contribution in [3.05, 3.63) is 0 Å². The van der Waals surface area contributed by atoms with E-state index in [0.29, 0.717) is 6.04 Å². The second-order valence-corrected chi connectivity index (χ2v) is 7.15. The van der Waals surface area contributed by atoms with Gasteiger partial charge in [-0.25, -0.2) is 0 Å². The third-order valence-corrected chi connectivity index (χ3v) is 3.84. The van der Waals surface area contributed by atoms with Crippen LogP contribution in [0.2, 0.25) is 0 Å². The van der Waals surface area contributed by atoms with Crippen LogP contribution >= 0.6 is 11.8 Å². The van der Waals surface area contributed by atoms with Gasteiger partial charge in [0.1, 0.15) is 0 Å². The van der Waals surface area contributed by atoms with E-state index in [0.717, 1.165) is 19.6 Å². The Labute approximate surface area is 124 Å². The predicted molar refractivity (Wildman–Crippen MR) is 89.4 cm³/mol. The summed E-state index contributed by atoms with van der Waals surface area (Å²) in [6, 6.07) is 0.604. The SMILES string of the molecule is CN(C)CCSCCNC(CCN(C)C)CN(C)C. The van der Waals surface area contributed by atoms with Crippen molar-refractivity contribution in [2.75, 3.05) is 80.0 Å². The fourth-order valence-corrected chi connectivity index (χ4v) is 2.76. The summed E-state index contributed by atoms with van der Waals surface area (Å²) in [5.74, 6) is 2.43. The lowest BCUT2D eigenvalue weighted by Crippen LogP contribution is -2.41. The van der Waals surface area contributed by atoms with Gasteiger partial charge in [0.15, 0.2) is 0 Å². The second kappa shape index (κ2) is 12.0. The Hall–Kier alpha value is 0.190. The first-order valence-corrected chi connectivity index (χ1v) is 8.32. The number of rotatable bonds is 12. The molecule has 19 heavy (non-hydrogen) atoms. The molecular weight excluding hydrogens is 256 g/mol. The number of likely N-dealkylation sites (N-methyl/N-ethyl adjacent to an activating group) is 1. The molecule has 0 saturated heterocycles. The van der Waals surface area contributed by atoms with Crippen LogP contribution in [0.5, 0.6) is 0 Å². The first-order chi connectivity index (χ1) is 8.91. The Morgan fingerprint density at radius 1 is 0.842 bits per heavy atom. The zero-order valence-electron chi connectivity index (χ0n) is 13.8. The van der Waals surface area contributed by atoms with E-state index in [1.807, 2.05) is 11.8 Å². The van der Waals surface area contributed by atoms with Crippen molar-refractivity contribution < 1.29 is 0 Å². The molecule has 0 aliphatic carbocycles. The van der Waals surface area contributed by atoms with Gasteiger partial charge in [0, 0.05) is 37.2 Å². The van der Waals surface area contributed by atoms with E-state index < -0.39 is 0 Å². The third-order valence-electron chi connectivity index (χ3n) is 2.87. The van der Waals surface area contributed by atoms with Gasteiger partial charge in [0.25, 0.3) is 0 Å². The molecule has 0 fully saturated rings. The third kappa shape index (κ3) is 14.4. The highest BCUT2D eigenvalue weighted by Crippen LogP contribution is 2.00. The van der Waals surface area contributed by atoms with E-state index in [-0.39, 0.29) is 0 Å². The summed E-state index contributed by atoms with van der Waals surface area (Å²) < 4.78 is 0. The molecule has 0 spiro atoms. The van der Waals surface area contributed by atoms with Crippen molar-refractivity contribution in [2.45, 2.75) is 12.5 Å². The first kappa shape index (κ1) is 19.2. The average molecular weight is 291 g/mol. The normalized spacial score (nSPS) is 13.7. The maximum absolute atomic E-state index is 3.69. The molecule has 0 aromatic heterocycles. The van der Waals surface area contributed by atoms with Gasteiger partial charge in [-0.15, -0.1) is 0 Å². The van der Waals surface area contributed by atoms with Crippen LogP contribution in [-0.2, 0) is 0 Å². The van der Waals surface area contributed by atoms with Crippen molar-refractivity contribution in [3.63, 3.8) is 0 Å². The molecule has 116 valence electrons. The molecule has 5 heteroatoms. The minimum Gasteiger partial charge on any atom is -0.312 e. The maximum Gasteiger partial charge on any atom is 0.0207 e. The minimum absolute atomic E-state index is 0.604. The van der Waals surface area contributed by atoms with E-state index >= 15 is 0 Å². The molecule has 0 aromatic rings. The Kier molecular flexibility index (Phi) is 12.1. The van der Waals surface area contributed by atoms with E-state index in [4.69, 9.17) is 0 Å². The fourth-order valence-electron chi connectivity index (χ4n) is 1.80. The van der Waals surface area contributed by atoms with Gasteiger partial charge in [-0.05, 0) is 55.3 Å². The number of nitrogens with zero attached hydrogens (tertiary/aromatic N) is 3. The Balaban J connectivity index is 3.67. The quantitative estimate of drug-likeness (QED) is 0.534. The summed E-state index contributed by atoms with van der Waals surface area (Å²) >= 11 is 2.04. The predicted octanol–water partition coefficient (Wildman–Crippen LogP) is 0.753. The van der Waals surface area contributed by atoms with Gasteiger partial charge in [-0.2, -0.15) is 11.8 Å². The smallest absolute Gasteiger partial charge is 0.0207 e. The van der Waals surface area contributed by atoms with Gasteiger partial charge in [-0.3, -0.25) is 0 Å². The largest absolute Gasteiger partial charge is 0.312 e. The van der Waals surface area contributed by atoms with Crippen molar-refractivity contribution >= 4 is 11.8 Å². The van der Waals surface area contributed by atoms with Crippen molar-refractivity contribution in [1.82, 2.24) is 20.0 Å². The summed E-state index contributed by atoms with van der Waals surface area (Å²) in [6.45, 7) is 4.56. The highest BCUT2D eigenvalue weighted by molar-refractivity contribution is 7.99. The monoisotopic (exact) mass is 290 g/mol. The number of hydrogen-bond donors (Lipinski definition) is 1. The fraction of sp³-hybridized carbons (Fsp3) is 1.00. The number of thioether (sulfide) groups is 1. The van der Waals surface area contributed by atoms with E-state index in [1.165, 1.54) is 24.5 Å². The van der Waals surface area contributed by atoms with Crippen molar-refractivity contribution in [3.8, 4) is 0 Å². The van der Waals surface area contributed by atoms with Crippen LogP contribution in [0.3, 0.4) is 0 Å². The molecule has 1 atom stereocenters. The topological polar surface area (TPSA) is 21.8 Å². The average Bonchev–Trinajstić information content (AvgIpc) is 2.29. The first-order valence-electron chi connectivity index (χ1n) is 7.17. The van der Waals surface area contributed by atoms with E-state index in [1.54, 1.807) is 0 Å². The summed E-state index contributed by atoms with van der Waals surface area (Å²) in [5, 5.41) is 3.69. The second-order valence-electron chi connectivity index (χ2n) is 5.92. The van der Waals surface area contributed by atoms with E-state index in [2.05, 4.69) is 62.3 Å². The van der Waals surface area contributed by atoms with Crippen LogP contribution in [0.4, 0.5) is 0 Å². The molecule has 0 aromatic carbocycles. The molecule has 0 saturated carbocycles. The number of nitrogens with one attached hydrogen (secondary N) is 1. The lowest BCUT2D eigenvalue weighted by Gasteiger charge is -2.24. The number of hydrogen-bond acceptors (Lipinski definition) is 5. The van der Waals surface area contributed by atoms with Crippen LogP contribution < -0.4 is 5.32 Å². The summed E-state index contributed by atoms with van der Waals surface area (Å²) in [6.07, 6.45) is 1.22. The highest BCUT2D eigenvalue weighted by atomic mass is 32.2. The summed E-state index contributed by atoms with van der Waals surface area (Å²) in [4.78, 5) is 6.77. The Morgan fingerprint density at radius 3 is 2.00 bits per heavy atom. The van der Waals surface area contributed by atoms with Gasteiger partial charge in [0.05, 0.1) is 0 Å². The molecule has 0 radical (unpaired) electrons. The van der Waals surface area contributed by atoms with Crippen molar-refractivity contribution in [2.24, 2.45) is 0 Å². The molecule has 0 aliphatic heterocycles. The molecule has 0 rings (SSSR count). The maximum atomic E-state index is 3.69. The molecule has 1 unspecified atom stereocenters. The van der Waals surface area contributed by atoms with Gasteiger partial charge < -0.3 is 20.0 Å². The van der Waals surface area contributed by atoms with Crippen LogP contribution in [0, 0.1) is 0 Å². The molecule has 0 heterocycles. The minimum atomic E-state index is 0.604. The van der Waals surface area contributed by atoms with Crippen LogP contribution in [0.1, 0.15) is 6.42 Å². The van der Waals surface area contributed by atoms with Crippen LogP contribution in [-0.4, -0.2) is 101 Å². The zero-order chi connectivity index (χ0) is 14.7. The molecule has 4 nitrogen and oxygen atoms in total. The Bertz CT molecular complexity index is 198. The highest BCUT2D eigenvalue weighted by Gasteiger charge is 2.09. The van der Waals surface area contributed by atoms with Crippen LogP contribution in [0.25, 0.3) is 0 Å². The summed E-state index contributed by atoms with van der Waals surface area (Å²) in [5.41, 5.74) is 0. The van der Waals surface area contributed by atoms with Gasteiger partial charge in [0.2, 0.25) is 0 Å². The Morgan fingerprint density at radius 2 is 1.47 bits per heavy atom. The summed E-state index contributed by atoms with van der Waals surface area (Å²) in [7, 11) is 12.8. The lowest BCUT2D eigenvalue weighted by molar-refractivity contribution is 0.299. The molecular formula is C14H34N4S. The lowest BCUT2D eigenvalue weighted by atomic mass is 10.2. The molecule has 1 N–H and O–H groups in total. The van der Waals surface area contributed by atoms with Crippen LogP contribution in [0.15, 0.2) is 0 Å². The van der Waals surface area contributed by atoms with Crippen molar-refractivity contribution in [1.29, 1.82) is 0 Å². The molecule has 0 aliphatic rings.